The predicted molar refractivity (Wildman–Crippen MR) is 93.0 cm³/mol. The fraction of sp³-hybridized carbons (Fsp3) is 0.412. The number of rotatable bonds is 3. The van der Waals surface area contributed by atoms with Crippen LogP contribution in [0.4, 0.5) is 20.5 Å². The van der Waals surface area contributed by atoms with Gasteiger partial charge in [0.2, 0.25) is 5.95 Å². The summed E-state index contributed by atoms with van der Waals surface area (Å²) >= 11 is 0. The Hall–Kier alpha value is -2.48. The van der Waals surface area contributed by atoms with E-state index in [1.807, 2.05) is 7.05 Å². The van der Waals surface area contributed by atoms with Crippen molar-refractivity contribution in [3.8, 4) is 0 Å². The molecule has 1 fully saturated rings. The highest BCUT2D eigenvalue weighted by atomic mass is 19.3. The molecule has 3 aromatic rings. The Balaban J connectivity index is 1.91. The van der Waals surface area contributed by atoms with E-state index < -0.39 is 5.92 Å². The highest BCUT2D eigenvalue weighted by Crippen LogP contribution is 2.37. The zero-order chi connectivity index (χ0) is 17.8. The Morgan fingerprint density at radius 1 is 1.36 bits per heavy atom. The molecular weight excluding hydrogens is 328 g/mol. The number of likely N-dealkylation sites (N-methyl/N-ethyl adjacent to an activating group) is 1. The largest absolute Gasteiger partial charge is 0.450 e. The highest BCUT2D eigenvalue weighted by Gasteiger charge is 2.28. The number of aromatic nitrogens is 2. The summed E-state index contributed by atoms with van der Waals surface area (Å²) in [6.45, 7) is 2.46. The Morgan fingerprint density at radius 3 is 2.84 bits per heavy atom. The molecule has 8 heteroatoms. The summed E-state index contributed by atoms with van der Waals surface area (Å²) in [6.07, 6.45) is 0.980. The lowest BCUT2D eigenvalue weighted by Crippen LogP contribution is -2.30. The van der Waals surface area contributed by atoms with E-state index in [4.69, 9.17) is 10.2 Å². The molecule has 0 unspecified atom stereocenters. The van der Waals surface area contributed by atoms with Gasteiger partial charge >= 0.3 is 0 Å². The van der Waals surface area contributed by atoms with Crippen LogP contribution in [-0.4, -0.2) is 36.1 Å². The molecule has 0 saturated carbocycles. The summed E-state index contributed by atoms with van der Waals surface area (Å²) in [7, 11) is 1.92. The van der Waals surface area contributed by atoms with E-state index in [9.17, 15) is 8.78 Å². The van der Waals surface area contributed by atoms with Crippen LogP contribution < -0.4 is 16.0 Å². The number of nitrogen functional groups attached to an aromatic ring is 1. The maximum absolute atomic E-state index is 13.7. The third-order valence-electron chi connectivity index (χ3n) is 4.71. The zero-order valence-corrected chi connectivity index (χ0v) is 14.0. The van der Waals surface area contributed by atoms with E-state index in [1.54, 1.807) is 6.07 Å². The molecule has 0 radical (unpaired) electrons. The van der Waals surface area contributed by atoms with Crippen molar-refractivity contribution in [1.82, 2.24) is 15.3 Å². The number of halogens is 2. The van der Waals surface area contributed by atoms with Gasteiger partial charge in [0.1, 0.15) is 11.1 Å². The lowest BCUT2D eigenvalue weighted by Gasteiger charge is -2.17. The monoisotopic (exact) mass is 347 g/mol. The molecule has 25 heavy (non-hydrogen) atoms. The van der Waals surface area contributed by atoms with E-state index in [0.717, 1.165) is 26.4 Å². The summed E-state index contributed by atoms with van der Waals surface area (Å²) in [5.41, 5.74) is 7.24. The average Bonchev–Trinajstić information content (AvgIpc) is 3.17. The summed E-state index contributed by atoms with van der Waals surface area (Å²) in [5.74, 6) is -2.22. The number of fused-ring (bicyclic) bond motifs is 3. The van der Waals surface area contributed by atoms with Gasteiger partial charge in [-0.15, -0.1) is 0 Å². The molecule has 1 atom stereocenters. The first-order chi connectivity index (χ1) is 11.9. The number of hydrogen-bond donors (Lipinski definition) is 2. The number of furan rings is 1. The van der Waals surface area contributed by atoms with Gasteiger partial charge < -0.3 is 20.4 Å². The van der Waals surface area contributed by atoms with Crippen LogP contribution >= 0.6 is 0 Å². The lowest BCUT2D eigenvalue weighted by atomic mass is 10.1. The number of benzene rings is 1. The minimum atomic E-state index is -2.94. The smallest absolute Gasteiger partial charge is 0.270 e. The third kappa shape index (κ3) is 2.66. The van der Waals surface area contributed by atoms with E-state index in [0.29, 0.717) is 33.9 Å². The van der Waals surface area contributed by atoms with Crippen molar-refractivity contribution in [2.24, 2.45) is 0 Å². The molecule has 3 N–H and O–H groups in total. The predicted octanol–water partition coefficient (Wildman–Crippen LogP) is 2.87. The minimum absolute atomic E-state index is 0.0853. The van der Waals surface area contributed by atoms with Crippen molar-refractivity contribution in [3.63, 3.8) is 0 Å². The van der Waals surface area contributed by atoms with Crippen LogP contribution in [0.15, 0.2) is 22.6 Å². The molecule has 2 aromatic heterocycles. The second kappa shape index (κ2) is 5.52. The van der Waals surface area contributed by atoms with Crippen molar-refractivity contribution in [2.75, 3.05) is 30.8 Å². The van der Waals surface area contributed by atoms with Gasteiger partial charge in [-0.25, -0.2) is 13.8 Å². The number of hydrogen-bond acceptors (Lipinski definition) is 6. The van der Waals surface area contributed by atoms with Crippen LogP contribution in [0.3, 0.4) is 0 Å². The molecule has 0 spiro atoms. The number of nitrogens with one attached hydrogen (secondary N) is 1. The molecule has 3 heterocycles. The molecule has 6 nitrogen and oxygen atoms in total. The molecule has 0 bridgehead atoms. The highest BCUT2D eigenvalue weighted by molar-refractivity contribution is 6.06. The molecule has 1 aromatic carbocycles. The first-order valence-electron chi connectivity index (χ1n) is 8.17. The van der Waals surface area contributed by atoms with Crippen LogP contribution in [-0.2, 0) is 5.92 Å². The van der Waals surface area contributed by atoms with Crippen molar-refractivity contribution < 1.29 is 13.2 Å². The molecule has 4 rings (SSSR count). The zero-order valence-electron chi connectivity index (χ0n) is 14.0. The normalized spacial score (nSPS) is 18.6. The Morgan fingerprint density at radius 2 is 2.16 bits per heavy atom. The van der Waals surface area contributed by atoms with Crippen LogP contribution in [0.2, 0.25) is 0 Å². The second-order valence-corrected chi connectivity index (χ2v) is 6.50. The van der Waals surface area contributed by atoms with E-state index in [1.165, 1.54) is 12.1 Å². The van der Waals surface area contributed by atoms with E-state index in [-0.39, 0.29) is 11.5 Å². The fourth-order valence-corrected chi connectivity index (χ4v) is 3.32. The third-order valence-corrected chi connectivity index (χ3v) is 4.71. The topological polar surface area (TPSA) is 80.2 Å². The van der Waals surface area contributed by atoms with Gasteiger partial charge in [-0.2, -0.15) is 4.98 Å². The summed E-state index contributed by atoms with van der Waals surface area (Å²) in [6, 6.07) is 4.69. The molecule has 0 amide bonds. The summed E-state index contributed by atoms with van der Waals surface area (Å²) < 4.78 is 33.2. The molecule has 132 valence electrons. The number of alkyl halides is 2. The van der Waals surface area contributed by atoms with Gasteiger partial charge in [-0.1, -0.05) is 0 Å². The van der Waals surface area contributed by atoms with Crippen LogP contribution in [0.25, 0.3) is 22.1 Å². The average molecular weight is 347 g/mol. The van der Waals surface area contributed by atoms with Gasteiger partial charge in [0.15, 0.2) is 11.4 Å². The van der Waals surface area contributed by atoms with E-state index >= 15 is 0 Å². The SMILES string of the molecule is CN[C@H]1CCN(c2nc(N)nc3c2oc2ccc(C(C)(F)F)cc23)C1. The molecule has 1 aliphatic rings. The van der Waals surface area contributed by atoms with Crippen LogP contribution in [0, 0.1) is 0 Å². The summed E-state index contributed by atoms with van der Waals surface area (Å²) in [5, 5.41) is 3.77. The van der Waals surface area contributed by atoms with Gasteiger partial charge in [-0.3, -0.25) is 0 Å². The lowest BCUT2D eigenvalue weighted by molar-refractivity contribution is 0.0176. The molecule has 0 aliphatic carbocycles. The van der Waals surface area contributed by atoms with Crippen molar-refractivity contribution in [2.45, 2.75) is 25.3 Å². The van der Waals surface area contributed by atoms with Crippen molar-refractivity contribution in [3.05, 3.63) is 23.8 Å². The maximum Gasteiger partial charge on any atom is 0.270 e. The summed E-state index contributed by atoms with van der Waals surface area (Å²) in [4.78, 5) is 10.7. The van der Waals surface area contributed by atoms with Gasteiger partial charge in [0.25, 0.3) is 5.92 Å². The Bertz CT molecular complexity index is 949. The molecular formula is C17H19F2N5O. The minimum Gasteiger partial charge on any atom is -0.450 e. The van der Waals surface area contributed by atoms with E-state index in [2.05, 4.69) is 20.2 Å². The first kappa shape index (κ1) is 16.0. The maximum atomic E-state index is 13.7. The fourth-order valence-electron chi connectivity index (χ4n) is 3.32. The van der Waals surface area contributed by atoms with Crippen molar-refractivity contribution >= 4 is 33.8 Å². The number of anilines is 2. The van der Waals surface area contributed by atoms with Gasteiger partial charge in [0.05, 0.1) is 0 Å². The first-order valence-corrected chi connectivity index (χ1v) is 8.17. The van der Waals surface area contributed by atoms with Gasteiger partial charge in [0, 0.05) is 37.0 Å². The Labute approximate surface area is 143 Å². The standard InChI is InChI=1S/C17H19F2N5O/c1-17(18,19)9-3-4-12-11(7-9)13-14(25-12)15(23-16(20)22-13)24-6-5-10(8-24)21-2/h3-4,7,10,21H,5-6,8H2,1-2H3,(H2,20,22,23)/t10-/m0/s1. The number of nitrogens with zero attached hydrogens (tertiary/aromatic N) is 3. The molecule has 1 saturated heterocycles. The second-order valence-electron chi connectivity index (χ2n) is 6.50. The Kier molecular flexibility index (Phi) is 3.54. The quantitative estimate of drug-likeness (QED) is 0.758. The van der Waals surface area contributed by atoms with Crippen LogP contribution in [0.5, 0.6) is 0 Å². The van der Waals surface area contributed by atoms with Crippen molar-refractivity contribution in [1.29, 1.82) is 0 Å². The van der Waals surface area contributed by atoms with Gasteiger partial charge in [-0.05, 0) is 31.7 Å². The number of nitrogens with two attached hydrogens (primary N) is 1. The van der Waals surface area contributed by atoms with Crippen LogP contribution in [0.1, 0.15) is 18.9 Å². The molecule has 1 aliphatic heterocycles.